The van der Waals surface area contributed by atoms with Crippen molar-refractivity contribution in [3.8, 4) is 0 Å². The Hall–Kier alpha value is -2.35. The van der Waals surface area contributed by atoms with Gasteiger partial charge in [-0.15, -0.1) is 10.2 Å². The van der Waals surface area contributed by atoms with Crippen molar-refractivity contribution < 1.29 is 9.59 Å². The van der Waals surface area contributed by atoms with Crippen LogP contribution < -0.4 is 5.32 Å². The molecular weight excluding hydrogens is 455 g/mol. The maximum absolute atomic E-state index is 12.8. The zero-order valence-electron chi connectivity index (χ0n) is 17.3. The van der Waals surface area contributed by atoms with Crippen LogP contribution in [0.1, 0.15) is 46.4 Å². The number of hydrogen-bond acceptors (Lipinski definition) is 5. The maximum atomic E-state index is 12.8. The average molecular weight is 477 g/mol. The Kier molecular flexibility index (Phi) is 7.75. The van der Waals surface area contributed by atoms with Crippen LogP contribution in [-0.4, -0.2) is 32.2 Å². The summed E-state index contributed by atoms with van der Waals surface area (Å²) in [6, 6.07) is 13.5. The van der Waals surface area contributed by atoms with E-state index in [9.17, 15) is 9.59 Å². The fraction of sp³-hybridized carbons (Fsp3) is 0.273. The van der Waals surface area contributed by atoms with Gasteiger partial charge in [0.25, 0.3) is 5.91 Å². The second kappa shape index (κ2) is 10.3. The summed E-state index contributed by atoms with van der Waals surface area (Å²) in [6.07, 6.45) is 0. The molecule has 1 amide bonds. The molecule has 9 heteroatoms. The molecule has 1 atom stereocenters. The van der Waals surface area contributed by atoms with Gasteiger partial charge < -0.3 is 9.88 Å². The lowest BCUT2D eigenvalue weighted by molar-refractivity contribution is 0.0921. The van der Waals surface area contributed by atoms with Crippen LogP contribution in [0.25, 0.3) is 0 Å². The SMILES string of the molecule is CC(C)[C@@H](NC(=O)c1ccc(Cl)cc1Cl)c1nnc(SCC(=O)c2ccccc2)n1C. The highest BCUT2D eigenvalue weighted by atomic mass is 35.5. The Morgan fingerprint density at radius 3 is 2.45 bits per heavy atom. The molecule has 1 heterocycles. The number of benzene rings is 2. The van der Waals surface area contributed by atoms with Crippen molar-refractivity contribution in [2.75, 3.05) is 5.75 Å². The minimum absolute atomic E-state index is 0.0150. The van der Waals surface area contributed by atoms with Gasteiger partial charge in [0.05, 0.1) is 22.4 Å². The first kappa shape index (κ1) is 23.3. The number of ketones is 1. The second-order valence-electron chi connectivity index (χ2n) is 7.30. The van der Waals surface area contributed by atoms with E-state index in [1.165, 1.54) is 17.8 Å². The van der Waals surface area contributed by atoms with Gasteiger partial charge in [-0.25, -0.2) is 0 Å². The fourth-order valence-electron chi connectivity index (χ4n) is 2.98. The van der Waals surface area contributed by atoms with Gasteiger partial charge in [0, 0.05) is 17.6 Å². The molecule has 1 N–H and O–H groups in total. The summed E-state index contributed by atoms with van der Waals surface area (Å²) >= 11 is 13.4. The smallest absolute Gasteiger partial charge is 0.253 e. The molecule has 6 nitrogen and oxygen atoms in total. The molecule has 1 aromatic heterocycles. The predicted octanol–water partition coefficient (Wildman–Crippen LogP) is 5.22. The number of hydrogen-bond donors (Lipinski definition) is 1. The number of Topliss-reactive ketones (excluding diaryl/α,β-unsaturated/α-hetero) is 1. The zero-order valence-corrected chi connectivity index (χ0v) is 19.6. The summed E-state index contributed by atoms with van der Waals surface area (Å²) in [7, 11) is 1.82. The summed E-state index contributed by atoms with van der Waals surface area (Å²) in [6.45, 7) is 3.96. The normalized spacial score (nSPS) is 12.1. The quantitative estimate of drug-likeness (QED) is 0.356. The number of aromatic nitrogens is 3. The molecule has 0 spiro atoms. The summed E-state index contributed by atoms with van der Waals surface area (Å²) in [5.41, 5.74) is 0.992. The van der Waals surface area contributed by atoms with Gasteiger partial charge in [-0.1, -0.05) is 79.1 Å². The van der Waals surface area contributed by atoms with Crippen molar-refractivity contribution in [3.05, 3.63) is 75.5 Å². The first-order chi connectivity index (χ1) is 14.8. The molecule has 2 aromatic carbocycles. The van der Waals surface area contributed by atoms with Crippen molar-refractivity contribution in [1.29, 1.82) is 0 Å². The minimum atomic E-state index is -0.393. The Bertz CT molecular complexity index is 1090. The van der Waals surface area contributed by atoms with E-state index in [1.807, 2.05) is 39.1 Å². The van der Waals surface area contributed by atoms with E-state index in [-0.39, 0.29) is 28.4 Å². The summed E-state index contributed by atoms with van der Waals surface area (Å²) in [5.74, 6) is 0.581. The summed E-state index contributed by atoms with van der Waals surface area (Å²) < 4.78 is 1.80. The molecule has 3 aromatic rings. The van der Waals surface area contributed by atoms with Gasteiger partial charge in [-0.05, 0) is 24.1 Å². The predicted molar refractivity (Wildman–Crippen MR) is 124 cm³/mol. The van der Waals surface area contributed by atoms with Gasteiger partial charge >= 0.3 is 0 Å². The van der Waals surface area contributed by atoms with E-state index in [1.54, 1.807) is 28.8 Å². The van der Waals surface area contributed by atoms with Gasteiger partial charge in [0.2, 0.25) is 0 Å². The van der Waals surface area contributed by atoms with E-state index in [2.05, 4.69) is 15.5 Å². The highest BCUT2D eigenvalue weighted by Crippen LogP contribution is 2.26. The lowest BCUT2D eigenvalue weighted by Crippen LogP contribution is -2.33. The van der Waals surface area contributed by atoms with Crippen molar-refractivity contribution >= 4 is 46.7 Å². The topological polar surface area (TPSA) is 76.9 Å². The van der Waals surface area contributed by atoms with Gasteiger partial charge in [-0.3, -0.25) is 9.59 Å². The van der Waals surface area contributed by atoms with Crippen molar-refractivity contribution in [1.82, 2.24) is 20.1 Å². The van der Waals surface area contributed by atoms with Gasteiger partial charge in [0.15, 0.2) is 16.8 Å². The molecule has 0 saturated heterocycles. The summed E-state index contributed by atoms with van der Waals surface area (Å²) in [5, 5.41) is 12.8. The number of thioether (sulfide) groups is 1. The second-order valence-corrected chi connectivity index (χ2v) is 9.08. The summed E-state index contributed by atoms with van der Waals surface area (Å²) in [4.78, 5) is 25.2. The number of carbonyl (C=O) groups is 2. The van der Waals surface area contributed by atoms with Gasteiger partial charge in [-0.2, -0.15) is 0 Å². The van der Waals surface area contributed by atoms with Crippen molar-refractivity contribution in [3.63, 3.8) is 0 Å². The van der Waals surface area contributed by atoms with Crippen LogP contribution in [0.5, 0.6) is 0 Å². The van der Waals surface area contributed by atoms with E-state index >= 15 is 0 Å². The molecule has 0 aliphatic rings. The van der Waals surface area contributed by atoms with Crippen LogP contribution in [-0.2, 0) is 7.05 Å². The van der Waals surface area contributed by atoms with Crippen LogP contribution in [0.3, 0.4) is 0 Å². The number of nitrogens with zero attached hydrogens (tertiary/aromatic N) is 3. The standard InChI is InChI=1S/C22H22Cl2N4O2S/c1-13(2)19(25-21(30)16-10-9-15(23)11-17(16)24)20-26-27-22(28(20)3)31-12-18(29)14-7-5-4-6-8-14/h4-11,13,19H,12H2,1-3H3,(H,25,30)/t19-/m1/s1. The fourth-order valence-corrected chi connectivity index (χ4v) is 4.29. The van der Waals surface area contributed by atoms with E-state index < -0.39 is 6.04 Å². The molecule has 3 rings (SSSR count). The number of nitrogens with one attached hydrogen (secondary N) is 1. The number of halogens is 2. The largest absolute Gasteiger partial charge is 0.342 e. The Balaban J connectivity index is 1.74. The van der Waals surface area contributed by atoms with E-state index in [4.69, 9.17) is 23.2 Å². The number of amides is 1. The molecule has 0 aliphatic heterocycles. The number of carbonyl (C=O) groups excluding carboxylic acids is 2. The Morgan fingerprint density at radius 2 is 1.81 bits per heavy atom. The third-order valence-corrected chi connectivity index (χ3v) is 6.27. The highest BCUT2D eigenvalue weighted by molar-refractivity contribution is 7.99. The maximum Gasteiger partial charge on any atom is 0.253 e. The van der Waals surface area contributed by atoms with Crippen LogP contribution in [0.4, 0.5) is 0 Å². The van der Waals surface area contributed by atoms with Crippen LogP contribution in [0.15, 0.2) is 53.7 Å². The van der Waals surface area contributed by atoms with Crippen LogP contribution in [0, 0.1) is 5.92 Å². The first-order valence-corrected chi connectivity index (χ1v) is 11.4. The Labute approximate surface area is 195 Å². The number of rotatable bonds is 8. The van der Waals surface area contributed by atoms with Crippen LogP contribution in [0.2, 0.25) is 10.0 Å². The lowest BCUT2D eigenvalue weighted by Gasteiger charge is -2.22. The van der Waals surface area contributed by atoms with E-state index in [0.29, 0.717) is 27.1 Å². The lowest BCUT2D eigenvalue weighted by atomic mass is 10.0. The molecule has 0 radical (unpaired) electrons. The molecular formula is C22H22Cl2N4O2S. The third kappa shape index (κ3) is 5.67. The van der Waals surface area contributed by atoms with E-state index in [0.717, 1.165) is 0 Å². The molecule has 0 bridgehead atoms. The average Bonchev–Trinajstić information content (AvgIpc) is 3.10. The molecule has 0 unspecified atom stereocenters. The molecule has 0 saturated carbocycles. The molecule has 0 fully saturated rings. The Morgan fingerprint density at radius 1 is 1.10 bits per heavy atom. The molecule has 31 heavy (non-hydrogen) atoms. The third-order valence-electron chi connectivity index (χ3n) is 4.70. The molecule has 0 aliphatic carbocycles. The van der Waals surface area contributed by atoms with Gasteiger partial charge in [0.1, 0.15) is 0 Å². The van der Waals surface area contributed by atoms with Crippen molar-refractivity contribution in [2.24, 2.45) is 13.0 Å². The highest BCUT2D eigenvalue weighted by Gasteiger charge is 2.26. The van der Waals surface area contributed by atoms with Crippen LogP contribution >= 0.6 is 35.0 Å². The first-order valence-electron chi connectivity index (χ1n) is 9.64. The molecule has 162 valence electrons. The monoisotopic (exact) mass is 476 g/mol. The minimum Gasteiger partial charge on any atom is -0.342 e. The zero-order chi connectivity index (χ0) is 22.5. The van der Waals surface area contributed by atoms with Crippen molar-refractivity contribution in [2.45, 2.75) is 25.0 Å².